The van der Waals surface area contributed by atoms with Gasteiger partial charge in [0.2, 0.25) is 0 Å². The summed E-state index contributed by atoms with van der Waals surface area (Å²) in [6.07, 6.45) is -0.459. The first-order chi connectivity index (χ1) is 12.8. The number of nitrogens with one attached hydrogen (secondary N) is 2. The van der Waals surface area contributed by atoms with Crippen molar-refractivity contribution in [3.05, 3.63) is 34.4 Å². The fraction of sp³-hybridized carbons (Fsp3) is 0.588. The zero-order chi connectivity index (χ0) is 20.1. The number of rotatable bonds is 12. The van der Waals surface area contributed by atoms with E-state index in [1.807, 2.05) is 0 Å². The summed E-state index contributed by atoms with van der Waals surface area (Å²) < 4.78 is 19.0. The Kier molecular flexibility index (Phi) is 10.7. The normalized spacial score (nSPS) is 11.2. The zero-order valence-corrected chi connectivity index (χ0v) is 16.7. The Hall–Kier alpha value is -1.88. The molecule has 1 aromatic rings. The van der Waals surface area contributed by atoms with Crippen molar-refractivity contribution in [3.63, 3.8) is 0 Å². The molecule has 0 saturated carbocycles. The summed E-state index contributed by atoms with van der Waals surface area (Å²) in [5, 5.41) is 13.2. The molecule has 1 aromatic carbocycles. The van der Waals surface area contributed by atoms with Crippen LogP contribution < -0.4 is 10.0 Å². The Morgan fingerprint density at radius 3 is 2.22 bits per heavy atom. The first kappa shape index (κ1) is 23.2. The molecule has 152 valence electrons. The van der Waals surface area contributed by atoms with Crippen molar-refractivity contribution in [2.45, 2.75) is 31.3 Å². The molecule has 0 spiro atoms. The minimum atomic E-state index is -0.510. The molecule has 27 heavy (non-hydrogen) atoms. The van der Waals surface area contributed by atoms with Crippen molar-refractivity contribution in [1.29, 1.82) is 0 Å². The molecule has 0 aliphatic rings. The highest BCUT2D eigenvalue weighted by Crippen LogP contribution is 2.18. The van der Waals surface area contributed by atoms with Gasteiger partial charge >= 0.3 is 6.09 Å². The lowest BCUT2D eigenvalue weighted by molar-refractivity contribution is -0.384. The van der Waals surface area contributed by atoms with Gasteiger partial charge in [-0.25, -0.2) is 4.79 Å². The zero-order valence-electron chi connectivity index (χ0n) is 15.9. The number of carbonyl (C=O) groups is 1. The highest BCUT2D eigenvalue weighted by atomic mass is 32.2. The van der Waals surface area contributed by atoms with Gasteiger partial charge in [-0.2, -0.15) is 0 Å². The van der Waals surface area contributed by atoms with Crippen molar-refractivity contribution in [1.82, 2.24) is 10.0 Å². The molecule has 2 N–H and O–H groups in total. The van der Waals surface area contributed by atoms with Crippen LogP contribution in [0.2, 0.25) is 0 Å². The molecular weight excluding hydrogens is 374 g/mol. The van der Waals surface area contributed by atoms with Gasteiger partial charge in [0.1, 0.15) is 5.60 Å². The fourth-order valence-electron chi connectivity index (χ4n) is 1.75. The predicted molar refractivity (Wildman–Crippen MR) is 103 cm³/mol. The van der Waals surface area contributed by atoms with Crippen LogP contribution in [0.3, 0.4) is 0 Å². The Bertz CT molecular complexity index is 577. The van der Waals surface area contributed by atoms with Crippen molar-refractivity contribution in [2.75, 3.05) is 39.5 Å². The minimum Gasteiger partial charge on any atom is -0.444 e. The molecule has 0 aliphatic heterocycles. The third-order valence-electron chi connectivity index (χ3n) is 2.87. The van der Waals surface area contributed by atoms with Crippen LogP contribution >= 0.6 is 11.9 Å². The van der Waals surface area contributed by atoms with Gasteiger partial charge in [-0.1, -0.05) is 0 Å². The molecule has 0 fully saturated rings. The van der Waals surface area contributed by atoms with E-state index in [0.29, 0.717) is 39.5 Å². The van der Waals surface area contributed by atoms with Crippen LogP contribution in [0, 0.1) is 10.1 Å². The molecular formula is C17H27N3O6S. The van der Waals surface area contributed by atoms with E-state index in [4.69, 9.17) is 14.2 Å². The van der Waals surface area contributed by atoms with E-state index in [2.05, 4.69) is 10.0 Å². The standard InChI is InChI=1S/C17H27N3O6S/c1-17(2,3)26-16(21)18-8-10-24-12-13-25-11-9-19-27-15-6-4-14(5-7-15)20(22)23/h4-7,19H,8-13H2,1-3H3,(H,18,21). The average Bonchev–Trinajstić information content (AvgIpc) is 2.58. The Morgan fingerprint density at radius 1 is 1.07 bits per heavy atom. The number of nitrogens with zero attached hydrogens (tertiary/aromatic N) is 1. The Labute approximate surface area is 163 Å². The van der Waals surface area contributed by atoms with Gasteiger partial charge in [0.05, 0.1) is 31.4 Å². The number of hydrogen-bond donors (Lipinski definition) is 2. The number of hydrogen-bond acceptors (Lipinski definition) is 8. The van der Waals surface area contributed by atoms with Gasteiger partial charge in [0.15, 0.2) is 0 Å². The largest absolute Gasteiger partial charge is 0.444 e. The number of ether oxygens (including phenoxy) is 3. The van der Waals surface area contributed by atoms with E-state index in [9.17, 15) is 14.9 Å². The summed E-state index contributed by atoms with van der Waals surface area (Å²) in [6, 6.07) is 6.32. The van der Waals surface area contributed by atoms with Crippen LogP contribution in [0.15, 0.2) is 29.2 Å². The third kappa shape index (κ3) is 12.2. The lowest BCUT2D eigenvalue weighted by Crippen LogP contribution is -2.34. The molecule has 0 heterocycles. The smallest absolute Gasteiger partial charge is 0.407 e. The van der Waals surface area contributed by atoms with Crippen molar-refractivity contribution >= 4 is 23.7 Å². The summed E-state index contributed by atoms with van der Waals surface area (Å²) in [6.45, 7) is 8.21. The second-order valence-corrected chi connectivity index (χ2v) is 7.37. The number of alkyl carbamates (subject to hydrolysis) is 1. The van der Waals surface area contributed by atoms with Gasteiger partial charge < -0.3 is 19.5 Å². The number of nitro groups is 1. The van der Waals surface area contributed by atoms with Crippen LogP contribution in [0.5, 0.6) is 0 Å². The number of carbonyl (C=O) groups excluding carboxylic acids is 1. The van der Waals surface area contributed by atoms with Crippen LogP contribution in [0.25, 0.3) is 0 Å². The Morgan fingerprint density at radius 2 is 1.67 bits per heavy atom. The summed E-state index contributed by atoms with van der Waals surface area (Å²) in [5.74, 6) is 0. The second-order valence-electron chi connectivity index (χ2n) is 6.40. The third-order valence-corrected chi connectivity index (χ3v) is 3.73. The summed E-state index contributed by atoms with van der Waals surface area (Å²) >= 11 is 1.39. The molecule has 0 saturated heterocycles. The molecule has 9 nitrogen and oxygen atoms in total. The molecule has 0 bridgehead atoms. The van der Waals surface area contributed by atoms with Gasteiger partial charge in [-0.3, -0.25) is 14.8 Å². The van der Waals surface area contributed by atoms with E-state index in [1.165, 1.54) is 24.1 Å². The maximum atomic E-state index is 11.4. The SMILES string of the molecule is CC(C)(C)OC(=O)NCCOCCOCCNSc1ccc([N+](=O)[O-])cc1. The molecule has 1 rings (SSSR count). The van der Waals surface area contributed by atoms with Crippen molar-refractivity contribution in [3.8, 4) is 0 Å². The van der Waals surface area contributed by atoms with Gasteiger partial charge in [0.25, 0.3) is 5.69 Å². The van der Waals surface area contributed by atoms with Crippen LogP contribution in [0.1, 0.15) is 20.8 Å². The van der Waals surface area contributed by atoms with Gasteiger partial charge in [0, 0.05) is 30.1 Å². The van der Waals surface area contributed by atoms with Gasteiger partial charge in [-0.05, 0) is 44.9 Å². The average molecular weight is 401 g/mol. The van der Waals surface area contributed by atoms with E-state index in [0.717, 1.165) is 4.90 Å². The number of benzene rings is 1. The molecule has 0 aliphatic carbocycles. The second kappa shape index (κ2) is 12.5. The molecule has 0 atom stereocenters. The maximum absolute atomic E-state index is 11.4. The summed E-state index contributed by atoms with van der Waals surface area (Å²) in [7, 11) is 0. The minimum absolute atomic E-state index is 0.0731. The molecule has 0 unspecified atom stereocenters. The fourth-order valence-corrected chi connectivity index (χ4v) is 2.37. The molecule has 0 radical (unpaired) electrons. The number of non-ortho nitro benzene ring substituents is 1. The predicted octanol–water partition coefficient (Wildman–Crippen LogP) is 2.75. The van der Waals surface area contributed by atoms with Crippen molar-refractivity contribution in [2.24, 2.45) is 0 Å². The van der Waals surface area contributed by atoms with Crippen LogP contribution in [0.4, 0.5) is 10.5 Å². The molecule has 1 amide bonds. The van der Waals surface area contributed by atoms with E-state index in [-0.39, 0.29) is 5.69 Å². The van der Waals surface area contributed by atoms with E-state index < -0.39 is 16.6 Å². The molecule has 10 heteroatoms. The van der Waals surface area contributed by atoms with Crippen molar-refractivity contribution < 1.29 is 23.9 Å². The number of amides is 1. The highest BCUT2D eigenvalue weighted by molar-refractivity contribution is 7.97. The maximum Gasteiger partial charge on any atom is 0.407 e. The first-order valence-corrected chi connectivity index (χ1v) is 9.36. The quantitative estimate of drug-likeness (QED) is 0.238. The van der Waals surface area contributed by atoms with Crippen LogP contribution in [-0.4, -0.2) is 56.1 Å². The molecule has 0 aromatic heterocycles. The lowest BCUT2D eigenvalue weighted by atomic mass is 10.2. The van der Waals surface area contributed by atoms with E-state index >= 15 is 0 Å². The number of nitro benzene ring substituents is 1. The highest BCUT2D eigenvalue weighted by Gasteiger charge is 2.15. The lowest BCUT2D eigenvalue weighted by Gasteiger charge is -2.19. The summed E-state index contributed by atoms with van der Waals surface area (Å²) in [4.78, 5) is 22.4. The summed E-state index contributed by atoms with van der Waals surface area (Å²) in [5.41, 5.74) is -0.437. The Balaban J connectivity index is 1.92. The topological polar surface area (TPSA) is 112 Å². The van der Waals surface area contributed by atoms with Crippen LogP contribution in [-0.2, 0) is 14.2 Å². The van der Waals surface area contributed by atoms with E-state index in [1.54, 1.807) is 32.9 Å². The first-order valence-electron chi connectivity index (χ1n) is 8.54. The monoisotopic (exact) mass is 401 g/mol. The van der Waals surface area contributed by atoms with Gasteiger partial charge in [-0.15, -0.1) is 0 Å².